The molecule has 3 atom stereocenters. The third-order valence-corrected chi connectivity index (χ3v) is 5.60. The normalized spacial score (nSPS) is 26.5. The van der Waals surface area contributed by atoms with Crippen LogP contribution in [-0.2, 0) is 0 Å². The number of unbranched alkanes of at least 4 members (excludes halogenated alkanes) is 2. The highest BCUT2D eigenvalue weighted by atomic mass is 32.2. The van der Waals surface area contributed by atoms with E-state index < -0.39 is 0 Å². The Labute approximate surface area is 133 Å². The van der Waals surface area contributed by atoms with Gasteiger partial charge in [-0.1, -0.05) is 6.42 Å². The van der Waals surface area contributed by atoms with Crippen LogP contribution in [0, 0.1) is 0 Å². The number of aromatic nitrogens is 1. The lowest BCUT2D eigenvalue weighted by Crippen LogP contribution is -2.36. The van der Waals surface area contributed by atoms with Crippen LogP contribution in [0.3, 0.4) is 0 Å². The molecule has 22 heavy (non-hydrogen) atoms. The van der Waals surface area contributed by atoms with Crippen LogP contribution in [0.4, 0.5) is 4.79 Å². The molecule has 2 aliphatic heterocycles. The maximum Gasteiger partial charge on any atom is 0.315 e. The first-order chi connectivity index (χ1) is 10.6. The number of hydrogen-bond donors (Lipinski definition) is 4. The first kappa shape index (κ1) is 15.2. The molecule has 0 spiro atoms. The maximum absolute atomic E-state index is 11.3. The van der Waals surface area contributed by atoms with Crippen LogP contribution in [0.5, 0.6) is 11.8 Å². The first-order valence-electron chi connectivity index (χ1n) is 7.57. The summed E-state index contributed by atoms with van der Waals surface area (Å²) in [6, 6.07) is 3.27. The third-order valence-electron chi connectivity index (χ3n) is 4.09. The molecular weight excluding hydrogens is 306 g/mol. The van der Waals surface area contributed by atoms with Gasteiger partial charge in [0.1, 0.15) is 6.61 Å². The molecule has 3 rings (SSSR count). The van der Waals surface area contributed by atoms with E-state index in [-0.39, 0.29) is 29.9 Å². The Morgan fingerprint density at radius 2 is 2.00 bits per heavy atom. The van der Waals surface area contributed by atoms with Crippen LogP contribution in [0.15, 0.2) is 12.1 Å². The molecule has 4 N–H and O–H groups in total. The number of aromatic hydroxyl groups is 2. The number of nitrogens with zero attached hydrogens (tertiary/aromatic N) is 1. The molecule has 0 radical (unpaired) electrons. The van der Waals surface area contributed by atoms with Crippen LogP contribution in [0.2, 0.25) is 0 Å². The fourth-order valence-corrected chi connectivity index (χ4v) is 4.50. The average molecular weight is 327 g/mol. The number of carbonyl (C=O) groups excluding carboxylic acids is 1. The van der Waals surface area contributed by atoms with Crippen LogP contribution in [0.25, 0.3) is 0 Å². The summed E-state index contributed by atoms with van der Waals surface area (Å²) in [5.74, 6) is 0.786. The van der Waals surface area contributed by atoms with Crippen LogP contribution < -0.4 is 15.5 Å². The lowest BCUT2D eigenvalue weighted by molar-refractivity contribution is 0.0727. The van der Waals surface area contributed by atoms with Gasteiger partial charge in [0, 0.05) is 23.1 Å². The highest BCUT2D eigenvalue weighted by molar-refractivity contribution is 8.00. The Morgan fingerprint density at radius 1 is 1.23 bits per heavy atom. The number of nitrogens with one attached hydrogen (secondary N) is 2. The Bertz CT molecular complexity index is 517. The van der Waals surface area contributed by atoms with E-state index >= 15 is 0 Å². The maximum atomic E-state index is 11.3. The SMILES string of the molecule is O=C1NC2CSC(CCCCCOn3c(O)ccc3O)C2N1. The number of hydrogen-bond acceptors (Lipinski definition) is 5. The predicted molar refractivity (Wildman–Crippen MR) is 83.2 cm³/mol. The number of rotatable bonds is 7. The molecule has 2 aliphatic rings. The van der Waals surface area contributed by atoms with Gasteiger partial charge in [0.05, 0.1) is 12.1 Å². The molecule has 0 bridgehead atoms. The number of carbonyl (C=O) groups is 1. The van der Waals surface area contributed by atoms with Crippen molar-refractivity contribution in [3.05, 3.63) is 12.1 Å². The van der Waals surface area contributed by atoms with Gasteiger partial charge in [-0.05, 0) is 19.3 Å². The molecular formula is C14H21N3O4S. The monoisotopic (exact) mass is 327 g/mol. The van der Waals surface area contributed by atoms with Crippen molar-refractivity contribution in [2.75, 3.05) is 12.4 Å². The lowest BCUT2D eigenvalue weighted by atomic mass is 10.0. The van der Waals surface area contributed by atoms with Gasteiger partial charge >= 0.3 is 6.03 Å². The highest BCUT2D eigenvalue weighted by Gasteiger charge is 2.42. The molecule has 2 amide bonds. The Hall–Kier alpha value is -1.70. The van der Waals surface area contributed by atoms with Crippen molar-refractivity contribution in [2.45, 2.75) is 43.0 Å². The van der Waals surface area contributed by atoms with Crippen molar-refractivity contribution in [1.82, 2.24) is 15.4 Å². The molecule has 0 saturated carbocycles. The lowest BCUT2D eigenvalue weighted by Gasteiger charge is -2.16. The molecule has 1 aromatic heterocycles. The zero-order valence-corrected chi connectivity index (χ0v) is 13.0. The summed E-state index contributed by atoms with van der Waals surface area (Å²) in [7, 11) is 0. The third kappa shape index (κ3) is 3.21. The summed E-state index contributed by atoms with van der Waals surface area (Å²) in [5, 5.41) is 25.3. The van der Waals surface area contributed by atoms with Crippen molar-refractivity contribution in [3.8, 4) is 11.8 Å². The van der Waals surface area contributed by atoms with Gasteiger partial charge in [-0.25, -0.2) is 4.79 Å². The van der Waals surface area contributed by atoms with Crippen molar-refractivity contribution in [1.29, 1.82) is 0 Å². The predicted octanol–water partition coefficient (Wildman–Crippen LogP) is 1.05. The van der Waals surface area contributed by atoms with Crippen molar-refractivity contribution in [2.24, 2.45) is 0 Å². The Kier molecular flexibility index (Phi) is 4.56. The summed E-state index contributed by atoms with van der Waals surface area (Å²) < 4.78 is 1.02. The summed E-state index contributed by atoms with van der Waals surface area (Å²) in [4.78, 5) is 16.6. The topological polar surface area (TPSA) is 95.8 Å². The van der Waals surface area contributed by atoms with Crippen LogP contribution in [-0.4, -0.2) is 50.7 Å². The second kappa shape index (κ2) is 6.60. The van der Waals surface area contributed by atoms with Crippen molar-refractivity contribution in [3.63, 3.8) is 0 Å². The zero-order chi connectivity index (χ0) is 15.5. The van der Waals surface area contributed by atoms with E-state index in [0.717, 1.165) is 36.2 Å². The minimum Gasteiger partial charge on any atom is -0.492 e. The average Bonchev–Trinajstić information content (AvgIpc) is 3.12. The Morgan fingerprint density at radius 3 is 2.77 bits per heavy atom. The summed E-state index contributed by atoms with van der Waals surface area (Å²) in [5.41, 5.74) is 0. The molecule has 1 aromatic rings. The van der Waals surface area contributed by atoms with E-state index in [4.69, 9.17) is 4.84 Å². The number of fused-ring (bicyclic) bond motifs is 1. The molecule has 7 nitrogen and oxygen atoms in total. The quantitative estimate of drug-likeness (QED) is 0.443. The molecule has 3 heterocycles. The second-order valence-corrected chi connectivity index (χ2v) is 6.92. The smallest absolute Gasteiger partial charge is 0.315 e. The summed E-state index contributed by atoms with van der Waals surface area (Å²) >= 11 is 1.92. The fourth-order valence-electron chi connectivity index (χ4n) is 2.96. The molecule has 0 aliphatic carbocycles. The standard InChI is InChI=1S/C14H21N3O4S/c18-11-5-6-12(19)17(11)21-7-3-1-2-4-10-13-9(8-22-10)15-14(20)16-13/h5-6,9-10,13,18-19H,1-4,7-8H2,(H2,15,16,20). The van der Waals surface area contributed by atoms with E-state index in [0.29, 0.717) is 11.9 Å². The van der Waals surface area contributed by atoms with Crippen LogP contribution >= 0.6 is 11.8 Å². The van der Waals surface area contributed by atoms with Crippen molar-refractivity contribution >= 4 is 17.8 Å². The second-order valence-electron chi connectivity index (χ2n) is 5.65. The summed E-state index contributed by atoms with van der Waals surface area (Å²) in [6.07, 6.45) is 4.02. The van der Waals surface area contributed by atoms with Gasteiger partial charge in [0.15, 0.2) is 0 Å². The zero-order valence-electron chi connectivity index (χ0n) is 12.2. The van der Waals surface area contributed by atoms with Crippen LogP contribution in [0.1, 0.15) is 25.7 Å². The first-order valence-corrected chi connectivity index (χ1v) is 8.61. The number of thioether (sulfide) groups is 1. The van der Waals surface area contributed by atoms with E-state index in [1.54, 1.807) is 0 Å². The largest absolute Gasteiger partial charge is 0.492 e. The number of amides is 2. The molecule has 0 aromatic carbocycles. The van der Waals surface area contributed by atoms with Gasteiger partial charge < -0.3 is 25.7 Å². The minimum absolute atomic E-state index is 0.0416. The Balaban J connectivity index is 1.31. The van der Waals surface area contributed by atoms with E-state index in [1.807, 2.05) is 11.8 Å². The van der Waals surface area contributed by atoms with Crippen molar-refractivity contribution < 1.29 is 19.8 Å². The van der Waals surface area contributed by atoms with E-state index in [2.05, 4.69) is 10.6 Å². The highest BCUT2D eigenvalue weighted by Crippen LogP contribution is 2.33. The molecule has 122 valence electrons. The van der Waals surface area contributed by atoms with Gasteiger partial charge in [-0.2, -0.15) is 11.8 Å². The molecule has 8 heteroatoms. The van der Waals surface area contributed by atoms with Gasteiger partial charge in [0.25, 0.3) is 0 Å². The van der Waals surface area contributed by atoms with Gasteiger partial charge in [-0.3, -0.25) is 0 Å². The van der Waals surface area contributed by atoms with Gasteiger partial charge in [0.2, 0.25) is 11.8 Å². The van der Waals surface area contributed by atoms with Gasteiger partial charge in [-0.15, -0.1) is 4.73 Å². The minimum atomic E-state index is -0.102. The van der Waals surface area contributed by atoms with E-state index in [1.165, 1.54) is 12.1 Å². The fraction of sp³-hybridized carbons (Fsp3) is 0.643. The molecule has 2 fully saturated rings. The molecule has 2 saturated heterocycles. The van der Waals surface area contributed by atoms with E-state index in [9.17, 15) is 15.0 Å². The summed E-state index contributed by atoms with van der Waals surface area (Å²) in [6.45, 7) is 0.442. The molecule has 3 unspecified atom stereocenters. The number of urea groups is 1.